The molecule has 0 saturated carbocycles. The smallest absolute Gasteiger partial charge is 0.151 e. The van der Waals surface area contributed by atoms with Gasteiger partial charge in [0.2, 0.25) is 0 Å². The molecular formula is C20H18N2O. The van der Waals surface area contributed by atoms with Crippen LogP contribution in [0.5, 0.6) is 0 Å². The molecule has 0 fully saturated rings. The molecule has 0 saturated heterocycles. The highest BCUT2D eigenvalue weighted by atomic mass is 16.3. The number of furan rings is 1. The molecule has 1 aromatic carbocycles. The maximum absolute atomic E-state index is 6.08. The van der Waals surface area contributed by atoms with Crippen molar-refractivity contribution < 1.29 is 4.42 Å². The second-order valence-electron chi connectivity index (χ2n) is 6.06. The first kappa shape index (κ1) is 13.8. The van der Waals surface area contributed by atoms with E-state index in [9.17, 15) is 0 Å². The molecule has 4 aromatic rings. The minimum absolute atomic E-state index is 0.857. The molecular weight excluding hydrogens is 284 g/mol. The molecule has 1 N–H and O–H groups in total. The second-order valence-corrected chi connectivity index (χ2v) is 6.06. The lowest BCUT2D eigenvalue weighted by molar-refractivity contribution is 0.626. The van der Waals surface area contributed by atoms with E-state index >= 15 is 0 Å². The van der Waals surface area contributed by atoms with Crippen molar-refractivity contribution >= 4 is 11.0 Å². The van der Waals surface area contributed by atoms with Crippen molar-refractivity contribution in [1.82, 2.24) is 9.97 Å². The zero-order chi connectivity index (χ0) is 16.0. The topological polar surface area (TPSA) is 41.8 Å². The minimum Gasteiger partial charge on any atom is -0.454 e. The molecule has 4 rings (SSSR count). The molecule has 3 nitrogen and oxygen atoms in total. The minimum atomic E-state index is 0.857. The summed E-state index contributed by atoms with van der Waals surface area (Å²) in [7, 11) is 0. The van der Waals surface area contributed by atoms with Gasteiger partial charge in [0.1, 0.15) is 5.58 Å². The Balaban J connectivity index is 1.78. The molecule has 0 radical (unpaired) electrons. The Morgan fingerprint density at radius 1 is 0.870 bits per heavy atom. The van der Waals surface area contributed by atoms with Gasteiger partial charge >= 0.3 is 0 Å². The maximum Gasteiger partial charge on any atom is 0.151 e. The summed E-state index contributed by atoms with van der Waals surface area (Å²) < 4.78 is 6.08. The Kier molecular flexibility index (Phi) is 3.08. The number of rotatable bonds is 2. The summed E-state index contributed by atoms with van der Waals surface area (Å²) in [5.74, 6) is 0.857. The number of benzene rings is 1. The average molecular weight is 302 g/mol. The number of aromatic nitrogens is 2. The number of hydrogen-bond acceptors (Lipinski definition) is 2. The number of aryl methyl sites for hydroxylation is 3. The van der Waals surface area contributed by atoms with Crippen LogP contribution >= 0.6 is 0 Å². The van der Waals surface area contributed by atoms with Crippen molar-refractivity contribution in [1.29, 1.82) is 0 Å². The van der Waals surface area contributed by atoms with Crippen molar-refractivity contribution in [2.24, 2.45) is 0 Å². The second kappa shape index (κ2) is 5.13. The van der Waals surface area contributed by atoms with Crippen LogP contribution in [0.15, 0.2) is 53.1 Å². The highest BCUT2D eigenvalue weighted by Gasteiger charge is 2.12. The molecule has 0 unspecified atom stereocenters. The van der Waals surface area contributed by atoms with Gasteiger partial charge < -0.3 is 9.40 Å². The molecule has 0 atom stereocenters. The summed E-state index contributed by atoms with van der Waals surface area (Å²) in [6.45, 7) is 6.22. The number of aromatic amines is 1. The van der Waals surface area contributed by atoms with Gasteiger partial charge in [-0.1, -0.05) is 18.2 Å². The molecule has 0 aliphatic carbocycles. The molecule has 0 aliphatic rings. The highest BCUT2D eigenvalue weighted by molar-refractivity contribution is 5.87. The molecule has 0 aliphatic heterocycles. The van der Waals surface area contributed by atoms with Gasteiger partial charge in [-0.2, -0.15) is 0 Å². The number of nitrogens with zero attached hydrogens (tertiary/aromatic N) is 1. The van der Waals surface area contributed by atoms with E-state index in [0.717, 1.165) is 39.6 Å². The Bertz CT molecular complexity index is 951. The predicted octanol–water partition coefficient (Wildman–Crippen LogP) is 5.42. The number of H-pyrrole nitrogens is 1. The lowest BCUT2D eigenvalue weighted by atomic mass is 10.1. The summed E-state index contributed by atoms with van der Waals surface area (Å²) in [5, 5.41) is 1.17. The first-order chi connectivity index (χ1) is 11.1. The fraction of sp³-hybridized carbons (Fsp3) is 0.150. The number of hydrogen-bond donors (Lipinski definition) is 1. The van der Waals surface area contributed by atoms with E-state index in [4.69, 9.17) is 4.42 Å². The Hall–Kier alpha value is -2.81. The van der Waals surface area contributed by atoms with Gasteiger partial charge in [-0.3, -0.25) is 4.98 Å². The summed E-state index contributed by atoms with van der Waals surface area (Å²) in [5.41, 5.74) is 7.40. The van der Waals surface area contributed by atoms with Gasteiger partial charge in [0.25, 0.3) is 0 Å². The van der Waals surface area contributed by atoms with Crippen molar-refractivity contribution in [2.75, 3.05) is 0 Å². The van der Waals surface area contributed by atoms with Crippen LogP contribution in [0.4, 0.5) is 0 Å². The molecule has 3 heterocycles. The van der Waals surface area contributed by atoms with Gasteiger partial charge in [-0.15, -0.1) is 0 Å². The van der Waals surface area contributed by atoms with Crippen LogP contribution in [0.3, 0.4) is 0 Å². The summed E-state index contributed by atoms with van der Waals surface area (Å²) in [6, 6.07) is 14.5. The number of pyridine rings is 1. The van der Waals surface area contributed by atoms with Gasteiger partial charge in [-0.25, -0.2) is 0 Å². The summed E-state index contributed by atoms with van der Waals surface area (Å²) in [4.78, 5) is 7.87. The zero-order valence-corrected chi connectivity index (χ0v) is 13.5. The monoisotopic (exact) mass is 302 g/mol. The van der Waals surface area contributed by atoms with Crippen LogP contribution in [0.2, 0.25) is 0 Å². The third-order valence-electron chi connectivity index (χ3n) is 4.24. The third kappa shape index (κ3) is 2.34. The van der Waals surface area contributed by atoms with Crippen LogP contribution in [0, 0.1) is 20.8 Å². The molecule has 23 heavy (non-hydrogen) atoms. The number of fused-ring (bicyclic) bond motifs is 1. The van der Waals surface area contributed by atoms with Gasteiger partial charge in [0.05, 0.1) is 17.1 Å². The largest absolute Gasteiger partial charge is 0.454 e. The van der Waals surface area contributed by atoms with Crippen LogP contribution in [-0.4, -0.2) is 9.97 Å². The average Bonchev–Trinajstić information content (AvgIpc) is 3.19. The fourth-order valence-corrected chi connectivity index (χ4v) is 2.84. The van der Waals surface area contributed by atoms with Crippen molar-refractivity contribution in [2.45, 2.75) is 20.8 Å². The van der Waals surface area contributed by atoms with E-state index in [-0.39, 0.29) is 0 Å². The maximum atomic E-state index is 6.08. The van der Waals surface area contributed by atoms with E-state index in [1.165, 1.54) is 10.9 Å². The Morgan fingerprint density at radius 3 is 2.39 bits per heavy atom. The fourth-order valence-electron chi connectivity index (χ4n) is 2.84. The summed E-state index contributed by atoms with van der Waals surface area (Å²) >= 11 is 0. The molecule has 0 spiro atoms. The van der Waals surface area contributed by atoms with Crippen molar-refractivity contribution in [3.05, 3.63) is 65.4 Å². The van der Waals surface area contributed by atoms with Crippen molar-refractivity contribution in [3.8, 4) is 22.8 Å². The number of nitrogens with one attached hydrogen (secondary N) is 1. The van der Waals surface area contributed by atoms with Crippen LogP contribution in [0.25, 0.3) is 33.8 Å². The van der Waals surface area contributed by atoms with Crippen LogP contribution < -0.4 is 0 Å². The lowest BCUT2D eigenvalue weighted by Crippen LogP contribution is -1.84. The normalized spacial score (nSPS) is 11.3. The summed E-state index contributed by atoms with van der Waals surface area (Å²) in [6.07, 6.45) is 1.88. The van der Waals surface area contributed by atoms with E-state index in [2.05, 4.69) is 48.1 Å². The first-order valence-corrected chi connectivity index (χ1v) is 7.74. The van der Waals surface area contributed by atoms with Gasteiger partial charge in [0, 0.05) is 11.6 Å². The molecule has 3 aromatic heterocycles. The van der Waals surface area contributed by atoms with Crippen LogP contribution in [0.1, 0.15) is 16.7 Å². The zero-order valence-electron chi connectivity index (χ0n) is 13.5. The Morgan fingerprint density at radius 2 is 1.65 bits per heavy atom. The molecule has 3 heteroatoms. The van der Waals surface area contributed by atoms with E-state index in [0.29, 0.717) is 0 Å². The van der Waals surface area contributed by atoms with Crippen molar-refractivity contribution in [3.63, 3.8) is 0 Å². The molecule has 114 valence electrons. The quantitative estimate of drug-likeness (QED) is 0.537. The van der Waals surface area contributed by atoms with E-state index < -0.39 is 0 Å². The van der Waals surface area contributed by atoms with E-state index in [1.54, 1.807) is 0 Å². The molecule has 0 bridgehead atoms. The SMILES string of the molecule is Cc1ccc(-c2ccc(-c3cc4c(C)ccc(C)c4o3)[nH]2)nc1. The van der Waals surface area contributed by atoms with Crippen LogP contribution in [-0.2, 0) is 0 Å². The predicted molar refractivity (Wildman–Crippen MR) is 93.4 cm³/mol. The Labute approximate surface area is 135 Å². The third-order valence-corrected chi connectivity index (χ3v) is 4.24. The first-order valence-electron chi connectivity index (χ1n) is 7.74. The standard InChI is InChI=1S/C20H18N2O/c1-12-4-7-16(21-11-12)17-8-9-18(22-17)19-10-15-13(2)5-6-14(3)20(15)23-19/h4-11,22H,1-3H3. The highest BCUT2D eigenvalue weighted by Crippen LogP contribution is 2.32. The molecule has 0 amide bonds. The lowest BCUT2D eigenvalue weighted by Gasteiger charge is -1.98. The van der Waals surface area contributed by atoms with E-state index in [1.807, 2.05) is 31.3 Å². The van der Waals surface area contributed by atoms with Gasteiger partial charge in [-0.05, 0) is 61.7 Å². The van der Waals surface area contributed by atoms with Gasteiger partial charge in [0.15, 0.2) is 5.76 Å².